The second-order valence-electron chi connectivity index (χ2n) is 4.98. The molecule has 3 heteroatoms. The number of nitrogens with one attached hydrogen (secondary N) is 1. The Morgan fingerprint density at radius 2 is 2.00 bits per heavy atom. The second kappa shape index (κ2) is 5.52. The number of aliphatic hydroxyl groups excluding tert-OH is 1. The fourth-order valence-corrected chi connectivity index (χ4v) is 2.49. The first-order valence-electron chi connectivity index (χ1n) is 6.36. The van der Waals surface area contributed by atoms with Crippen molar-refractivity contribution in [3.05, 3.63) is 29.3 Å². The van der Waals surface area contributed by atoms with Gasteiger partial charge in [0.2, 0.25) is 0 Å². The maximum Gasteiger partial charge on any atom is 0.0601 e. The van der Waals surface area contributed by atoms with Crippen molar-refractivity contribution in [3.8, 4) is 0 Å². The van der Waals surface area contributed by atoms with Gasteiger partial charge in [0.1, 0.15) is 0 Å². The van der Waals surface area contributed by atoms with E-state index in [1.54, 1.807) is 0 Å². The first-order chi connectivity index (χ1) is 8.19. The Balaban J connectivity index is 2.18. The number of aliphatic hydroxyl groups is 1. The molecule has 17 heavy (non-hydrogen) atoms. The maximum absolute atomic E-state index is 9.30. The van der Waals surface area contributed by atoms with Crippen molar-refractivity contribution in [1.29, 1.82) is 0 Å². The maximum atomic E-state index is 9.30. The lowest BCUT2D eigenvalue weighted by atomic mass is 10.1. The van der Waals surface area contributed by atoms with Crippen LogP contribution in [0.4, 0.5) is 5.69 Å². The van der Waals surface area contributed by atoms with E-state index >= 15 is 0 Å². The molecule has 1 fully saturated rings. The Hall–Kier alpha value is -1.06. The van der Waals surface area contributed by atoms with Gasteiger partial charge in [0.25, 0.3) is 0 Å². The van der Waals surface area contributed by atoms with Gasteiger partial charge in [-0.15, -0.1) is 0 Å². The van der Waals surface area contributed by atoms with Gasteiger partial charge in [0, 0.05) is 24.8 Å². The van der Waals surface area contributed by atoms with E-state index in [4.69, 9.17) is 0 Å². The van der Waals surface area contributed by atoms with Gasteiger partial charge in [0.15, 0.2) is 0 Å². The monoisotopic (exact) mass is 234 g/mol. The molecule has 2 rings (SSSR count). The Morgan fingerprint density at radius 1 is 1.29 bits per heavy atom. The predicted molar refractivity (Wildman–Crippen MR) is 71.6 cm³/mol. The topological polar surface area (TPSA) is 35.5 Å². The largest absolute Gasteiger partial charge is 0.395 e. The smallest absolute Gasteiger partial charge is 0.0601 e. The van der Waals surface area contributed by atoms with Crippen molar-refractivity contribution in [2.24, 2.45) is 0 Å². The zero-order chi connectivity index (χ0) is 12.3. The molecule has 0 aliphatic carbocycles. The van der Waals surface area contributed by atoms with E-state index in [1.165, 1.54) is 16.8 Å². The molecule has 0 spiro atoms. The Bertz CT molecular complexity index is 358. The van der Waals surface area contributed by atoms with E-state index in [9.17, 15) is 5.11 Å². The molecule has 1 heterocycles. The van der Waals surface area contributed by atoms with E-state index in [-0.39, 0.29) is 12.6 Å². The quantitative estimate of drug-likeness (QED) is 0.813. The highest BCUT2D eigenvalue weighted by molar-refractivity contribution is 5.51. The fourth-order valence-electron chi connectivity index (χ4n) is 2.49. The summed E-state index contributed by atoms with van der Waals surface area (Å²) in [7, 11) is 0. The van der Waals surface area contributed by atoms with Crippen molar-refractivity contribution in [1.82, 2.24) is 5.32 Å². The molecular formula is C14H22N2O. The first kappa shape index (κ1) is 12.4. The fraction of sp³-hybridized carbons (Fsp3) is 0.571. The van der Waals surface area contributed by atoms with Crippen LogP contribution in [0.15, 0.2) is 18.2 Å². The number of nitrogens with zero attached hydrogens (tertiary/aromatic N) is 1. The lowest BCUT2D eigenvalue weighted by Crippen LogP contribution is -2.40. The van der Waals surface area contributed by atoms with Crippen molar-refractivity contribution in [2.75, 3.05) is 31.1 Å². The number of rotatable bonds is 2. The van der Waals surface area contributed by atoms with Gasteiger partial charge in [-0.25, -0.2) is 0 Å². The van der Waals surface area contributed by atoms with Crippen LogP contribution in [0.5, 0.6) is 0 Å². The average molecular weight is 234 g/mol. The third kappa shape index (κ3) is 3.20. The molecule has 3 nitrogen and oxygen atoms in total. The molecule has 2 N–H and O–H groups in total. The van der Waals surface area contributed by atoms with Gasteiger partial charge in [-0.2, -0.15) is 0 Å². The second-order valence-corrected chi connectivity index (χ2v) is 4.98. The van der Waals surface area contributed by atoms with Crippen LogP contribution in [0.3, 0.4) is 0 Å². The van der Waals surface area contributed by atoms with E-state index < -0.39 is 0 Å². The minimum Gasteiger partial charge on any atom is -0.395 e. The van der Waals surface area contributed by atoms with E-state index in [1.807, 2.05) is 0 Å². The lowest BCUT2D eigenvalue weighted by Gasteiger charge is -2.26. The van der Waals surface area contributed by atoms with Crippen LogP contribution in [0.1, 0.15) is 17.5 Å². The van der Waals surface area contributed by atoms with Gasteiger partial charge >= 0.3 is 0 Å². The summed E-state index contributed by atoms with van der Waals surface area (Å²) < 4.78 is 0. The summed E-state index contributed by atoms with van der Waals surface area (Å²) in [4.78, 5) is 2.38. The highest BCUT2D eigenvalue weighted by atomic mass is 16.3. The molecule has 0 saturated carbocycles. The zero-order valence-electron chi connectivity index (χ0n) is 10.7. The van der Waals surface area contributed by atoms with E-state index in [2.05, 4.69) is 42.3 Å². The van der Waals surface area contributed by atoms with Crippen LogP contribution < -0.4 is 10.2 Å². The van der Waals surface area contributed by atoms with Gasteiger partial charge in [0.05, 0.1) is 6.61 Å². The van der Waals surface area contributed by atoms with Crippen LogP contribution in [0.25, 0.3) is 0 Å². The van der Waals surface area contributed by atoms with Gasteiger partial charge < -0.3 is 15.3 Å². The SMILES string of the molecule is Cc1cc(C)cc(N2CCCNC(CO)C2)c1. The number of aryl methyl sites for hydroxylation is 2. The minimum absolute atomic E-state index is 0.193. The van der Waals surface area contributed by atoms with Gasteiger partial charge in [-0.3, -0.25) is 0 Å². The van der Waals surface area contributed by atoms with Crippen LogP contribution in [0, 0.1) is 13.8 Å². The summed E-state index contributed by atoms with van der Waals surface area (Å²) in [5.74, 6) is 0. The van der Waals surface area contributed by atoms with Gasteiger partial charge in [-0.05, 0) is 50.1 Å². The summed E-state index contributed by atoms with van der Waals surface area (Å²) >= 11 is 0. The summed E-state index contributed by atoms with van der Waals surface area (Å²) in [6, 6.07) is 6.85. The van der Waals surface area contributed by atoms with E-state index in [0.29, 0.717) is 0 Å². The van der Waals surface area contributed by atoms with Gasteiger partial charge in [-0.1, -0.05) is 6.07 Å². The van der Waals surface area contributed by atoms with Crippen LogP contribution in [-0.2, 0) is 0 Å². The molecule has 0 bridgehead atoms. The number of anilines is 1. The molecule has 1 aliphatic rings. The molecule has 1 aromatic carbocycles. The highest BCUT2D eigenvalue weighted by Crippen LogP contribution is 2.20. The molecule has 0 radical (unpaired) electrons. The lowest BCUT2D eigenvalue weighted by molar-refractivity contribution is 0.248. The third-order valence-electron chi connectivity index (χ3n) is 3.27. The van der Waals surface area contributed by atoms with Crippen LogP contribution in [0.2, 0.25) is 0 Å². The zero-order valence-corrected chi connectivity index (χ0v) is 10.7. The average Bonchev–Trinajstić information content (AvgIpc) is 2.52. The van der Waals surface area contributed by atoms with Crippen LogP contribution in [-0.4, -0.2) is 37.4 Å². The molecule has 0 amide bonds. The highest BCUT2D eigenvalue weighted by Gasteiger charge is 2.17. The number of hydrogen-bond donors (Lipinski definition) is 2. The summed E-state index contributed by atoms with van der Waals surface area (Å²) in [5.41, 5.74) is 3.89. The van der Waals surface area contributed by atoms with Crippen LogP contribution >= 0.6 is 0 Å². The minimum atomic E-state index is 0.193. The summed E-state index contributed by atoms with van der Waals surface area (Å²) in [6.45, 7) is 7.42. The Kier molecular flexibility index (Phi) is 4.02. The Labute approximate surface area is 103 Å². The molecule has 1 unspecified atom stereocenters. The molecular weight excluding hydrogens is 212 g/mol. The Morgan fingerprint density at radius 3 is 2.65 bits per heavy atom. The van der Waals surface area contributed by atoms with Crippen molar-refractivity contribution in [3.63, 3.8) is 0 Å². The van der Waals surface area contributed by atoms with Crippen molar-refractivity contribution >= 4 is 5.69 Å². The summed E-state index contributed by atoms with van der Waals surface area (Å²) in [6.07, 6.45) is 1.13. The molecule has 94 valence electrons. The standard InChI is InChI=1S/C14H22N2O/c1-11-6-12(2)8-14(7-11)16-5-3-4-15-13(9-16)10-17/h6-8,13,15,17H,3-5,9-10H2,1-2H3. The molecule has 0 aromatic heterocycles. The van der Waals surface area contributed by atoms with Crippen molar-refractivity contribution < 1.29 is 5.11 Å². The molecule has 1 aromatic rings. The molecule has 1 aliphatic heterocycles. The summed E-state index contributed by atoms with van der Waals surface area (Å²) in [5, 5.41) is 12.7. The molecule has 1 atom stereocenters. The number of benzene rings is 1. The number of hydrogen-bond acceptors (Lipinski definition) is 3. The normalized spacial score (nSPS) is 21.4. The van der Waals surface area contributed by atoms with Crippen molar-refractivity contribution in [2.45, 2.75) is 26.3 Å². The molecule has 1 saturated heterocycles. The third-order valence-corrected chi connectivity index (χ3v) is 3.27. The first-order valence-corrected chi connectivity index (χ1v) is 6.36. The van der Waals surface area contributed by atoms with E-state index in [0.717, 1.165) is 26.1 Å². The predicted octanol–water partition coefficient (Wildman–Crippen LogP) is 1.46.